The molecule has 0 atom stereocenters. The average Bonchev–Trinajstić information content (AvgIpc) is 3.18. The summed E-state index contributed by atoms with van der Waals surface area (Å²) in [6.45, 7) is 5.71. The number of hydrogen-bond donors (Lipinski definition) is 2. The zero-order valence-corrected chi connectivity index (χ0v) is 16.7. The molecule has 1 fully saturated rings. The highest BCUT2D eigenvalue weighted by Crippen LogP contribution is 2.39. The van der Waals surface area contributed by atoms with Crippen LogP contribution >= 0.6 is 11.3 Å². The molecule has 1 saturated heterocycles. The SMILES string of the molecule is CCOC(=O)NCCNC(=O)c1cc(-c2ccccc2)c(N2CCOCC2)s1. The second-order valence-corrected chi connectivity index (χ2v) is 7.23. The lowest BCUT2D eigenvalue weighted by atomic mass is 10.1. The van der Waals surface area contributed by atoms with Crippen molar-refractivity contribution in [2.24, 2.45) is 0 Å². The highest BCUT2D eigenvalue weighted by atomic mass is 32.1. The summed E-state index contributed by atoms with van der Waals surface area (Å²) >= 11 is 1.49. The van der Waals surface area contributed by atoms with Crippen LogP contribution in [-0.4, -0.2) is 58.0 Å². The molecular formula is C20H25N3O4S. The van der Waals surface area contributed by atoms with Crippen LogP contribution < -0.4 is 15.5 Å². The number of rotatable bonds is 7. The molecule has 3 rings (SSSR count). The zero-order chi connectivity index (χ0) is 19.8. The number of nitrogens with zero attached hydrogens (tertiary/aromatic N) is 1. The van der Waals surface area contributed by atoms with E-state index < -0.39 is 6.09 Å². The van der Waals surface area contributed by atoms with Gasteiger partial charge in [-0.15, -0.1) is 11.3 Å². The van der Waals surface area contributed by atoms with Crippen LogP contribution in [-0.2, 0) is 9.47 Å². The minimum Gasteiger partial charge on any atom is -0.450 e. The van der Waals surface area contributed by atoms with Gasteiger partial charge in [-0.05, 0) is 18.6 Å². The van der Waals surface area contributed by atoms with Crippen molar-refractivity contribution in [3.8, 4) is 11.1 Å². The number of benzene rings is 1. The lowest BCUT2D eigenvalue weighted by Gasteiger charge is -2.28. The van der Waals surface area contributed by atoms with Crippen LogP contribution in [0.25, 0.3) is 11.1 Å². The fourth-order valence-electron chi connectivity index (χ4n) is 2.93. The Bertz CT molecular complexity index is 788. The molecule has 2 N–H and O–H groups in total. The van der Waals surface area contributed by atoms with Gasteiger partial charge in [0.2, 0.25) is 0 Å². The van der Waals surface area contributed by atoms with Gasteiger partial charge in [-0.1, -0.05) is 30.3 Å². The van der Waals surface area contributed by atoms with Crippen molar-refractivity contribution in [2.75, 3.05) is 50.9 Å². The van der Waals surface area contributed by atoms with Gasteiger partial charge in [0.25, 0.3) is 5.91 Å². The van der Waals surface area contributed by atoms with Crippen LogP contribution in [0.5, 0.6) is 0 Å². The first kappa shape index (κ1) is 20.2. The molecule has 1 aliphatic rings. The zero-order valence-electron chi connectivity index (χ0n) is 15.9. The van der Waals surface area contributed by atoms with Gasteiger partial charge in [-0.3, -0.25) is 4.79 Å². The number of ether oxygens (including phenoxy) is 2. The quantitative estimate of drug-likeness (QED) is 0.695. The Morgan fingerprint density at radius 3 is 2.57 bits per heavy atom. The van der Waals surface area contributed by atoms with E-state index in [9.17, 15) is 9.59 Å². The first-order chi connectivity index (χ1) is 13.7. The topological polar surface area (TPSA) is 79.9 Å². The lowest BCUT2D eigenvalue weighted by molar-refractivity contribution is 0.0956. The molecule has 2 amide bonds. The Balaban J connectivity index is 1.70. The molecule has 0 unspecified atom stereocenters. The van der Waals surface area contributed by atoms with E-state index in [1.807, 2.05) is 24.3 Å². The molecule has 1 aromatic carbocycles. The number of hydrogen-bond acceptors (Lipinski definition) is 6. The maximum absolute atomic E-state index is 12.6. The molecule has 8 heteroatoms. The molecule has 1 aromatic heterocycles. The molecule has 150 valence electrons. The third-order valence-corrected chi connectivity index (χ3v) is 5.47. The number of amides is 2. The minimum atomic E-state index is -0.478. The smallest absolute Gasteiger partial charge is 0.407 e. The summed E-state index contributed by atoms with van der Waals surface area (Å²) < 4.78 is 10.3. The van der Waals surface area contributed by atoms with E-state index in [0.29, 0.717) is 37.8 Å². The van der Waals surface area contributed by atoms with Gasteiger partial charge >= 0.3 is 6.09 Å². The van der Waals surface area contributed by atoms with E-state index in [1.165, 1.54) is 11.3 Å². The van der Waals surface area contributed by atoms with E-state index >= 15 is 0 Å². The van der Waals surface area contributed by atoms with Crippen LogP contribution in [0.2, 0.25) is 0 Å². The molecule has 2 aromatic rings. The van der Waals surface area contributed by atoms with E-state index in [-0.39, 0.29) is 5.91 Å². The standard InChI is InChI=1S/C20H25N3O4S/c1-2-27-20(25)22-9-8-21-18(24)17-14-16(15-6-4-3-5-7-15)19(28-17)23-10-12-26-13-11-23/h3-7,14H,2,8-13H2,1H3,(H,21,24)(H,22,25). The molecule has 1 aliphatic heterocycles. The van der Waals surface area contributed by atoms with Crippen LogP contribution in [0.1, 0.15) is 16.6 Å². The molecule has 28 heavy (non-hydrogen) atoms. The minimum absolute atomic E-state index is 0.146. The van der Waals surface area contributed by atoms with E-state index in [1.54, 1.807) is 6.92 Å². The fraction of sp³-hybridized carbons (Fsp3) is 0.400. The molecule has 0 saturated carbocycles. The number of thiophene rings is 1. The predicted molar refractivity (Wildman–Crippen MR) is 110 cm³/mol. The number of carbonyl (C=O) groups is 2. The van der Waals surface area contributed by atoms with Crippen LogP contribution in [0.3, 0.4) is 0 Å². The molecule has 0 radical (unpaired) electrons. The van der Waals surface area contributed by atoms with Crippen molar-refractivity contribution in [3.63, 3.8) is 0 Å². The molecule has 0 spiro atoms. The number of nitrogens with one attached hydrogen (secondary N) is 2. The van der Waals surface area contributed by atoms with Crippen molar-refractivity contribution < 1.29 is 19.1 Å². The van der Waals surface area contributed by atoms with Gasteiger partial charge in [0, 0.05) is 31.7 Å². The maximum Gasteiger partial charge on any atom is 0.407 e. The van der Waals surface area contributed by atoms with E-state index in [0.717, 1.165) is 29.2 Å². The number of alkyl carbamates (subject to hydrolysis) is 1. The lowest BCUT2D eigenvalue weighted by Crippen LogP contribution is -2.36. The summed E-state index contributed by atoms with van der Waals surface area (Å²) in [5, 5.41) is 6.53. The highest BCUT2D eigenvalue weighted by molar-refractivity contribution is 7.18. The summed E-state index contributed by atoms with van der Waals surface area (Å²) in [4.78, 5) is 26.8. The number of anilines is 1. The third-order valence-electron chi connectivity index (χ3n) is 4.27. The monoisotopic (exact) mass is 403 g/mol. The summed E-state index contributed by atoms with van der Waals surface area (Å²) in [6.07, 6.45) is -0.478. The van der Waals surface area contributed by atoms with Gasteiger partial charge in [-0.25, -0.2) is 4.79 Å². The first-order valence-corrected chi connectivity index (χ1v) is 10.2. The second-order valence-electron chi connectivity index (χ2n) is 6.20. The normalized spacial score (nSPS) is 13.8. The fourth-order valence-corrected chi connectivity index (χ4v) is 4.08. The van der Waals surface area contributed by atoms with E-state index in [2.05, 4.69) is 27.7 Å². The van der Waals surface area contributed by atoms with Gasteiger partial charge in [-0.2, -0.15) is 0 Å². The number of morpholine rings is 1. The molecular weight excluding hydrogens is 378 g/mol. The largest absolute Gasteiger partial charge is 0.450 e. The summed E-state index contributed by atoms with van der Waals surface area (Å²) in [7, 11) is 0. The summed E-state index contributed by atoms with van der Waals surface area (Å²) in [5.74, 6) is -0.146. The molecule has 2 heterocycles. The highest BCUT2D eigenvalue weighted by Gasteiger charge is 2.21. The van der Waals surface area contributed by atoms with Gasteiger partial charge in [0.05, 0.1) is 29.7 Å². The van der Waals surface area contributed by atoms with Crippen molar-refractivity contribution >= 4 is 28.3 Å². The average molecular weight is 404 g/mol. The Hall–Kier alpha value is -2.58. The van der Waals surface area contributed by atoms with Crippen molar-refractivity contribution in [1.29, 1.82) is 0 Å². The molecule has 0 aliphatic carbocycles. The van der Waals surface area contributed by atoms with Crippen molar-refractivity contribution in [3.05, 3.63) is 41.3 Å². The van der Waals surface area contributed by atoms with E-state index in [4.69, 9.17) is 9.47 Å². The Kier molecular flexibility index (Phi) is 7.27. The third kappa shape index (κ3) is 5.24. The van der Waals surface area contributed by atoms with Crippen LogP contribution in [0, 0.1) is 0 Å². The Labute approximate surface area is 168 Å². The van der Waals surface area contributed by atoms with Crippen molar-refractivity contribution in [1.82, 2.24) is 10.6 Å². The maximum atomic E-state index is 12.6. The van der Waals surface area contributed by atoms with Crippen LogP contribution in [0.4, 0.5) is 9.80 Å². The van der Waals surface area contributed by atoms with Gasteiger partial charge < -0.3 is 25.0 Å². The van der Waals surface area contributed by atoms with Crippen LogP contribution in [0.15, 0.2) is 36.4 Å². The van der Waals surface area contributed by atoms with Gasteiger partial charge in [0.1, 0.15) is 0 Å². The summed E-state index contributed by atoms with van der Waals surface area (Å²) in [6, 6.07) is 12.0. The first-order valence-electron chi connectivity index (χ1n) is 9.39. The molecule has 7 nitrogen and oxygen atoms in total. The number of carbonyl (C=O) groups excluding carboxylic acids is 2. The molecule has 0 bridgehead atoms. The van der Waals surface area contributed by atoms with Gasteiger partial charge in [0.15, 0.2) is 0 Å². The predicted octanol–water partition coefficient (Wildman–Crippen LogP) is 2.73. The summed E-state index contributed by atoms with van der Waals surface area (Å²) in [5.41, 5.74) is 2.14. The Morgan fingerprint density at radius 2 is 1.86 bits per heavy atom. The van der Waals surface area contributed by atoms with Crippen molar-refractivity contribution in [2.45, 2.75) is 6.92 Å². The second kappa shape index (κ2) is 10.1. The Morgan fingerprint density at radius 1 is 1.14 bits per heavy atom.